The predicted molar refractivity (Wildman–Crippen MR) is 74.4 cm³/mol. The van der Waals surface area contributed by atoms with Crippen LogP contribution in [0.4, 0.5) is 0 Å². The molecule has 0 saturated carbocycles. The smallest absolute Gasteiger partial charge is 0.00235 e. The van der Waals surface area contributed by atoms with E-state index in [0.29, 0.717) is 5.41 Å². The largest absolute Gasteiger partial charge is 0.316 e. The molecule has 1 heterocycles. The van der Waals surface area contributed by atoms with Crippen LogP contribution in [0.15, 0.2) is 18.2 Å². The zero-order chi connectivity index (χ0) is 12.5. The van der Waals surface area contributed by atoms with E-state index >= 15 is 0 Å². The van der Waals surface area contributed by atoms with Crippen molar-refractivity contribution in [3.8, 4) is 0 Å². The highest BCUT2D eigenvalue weighted by molar-refractivity contribution is 5.29. The molecule has 1 aromatic rings. The average Bonchev–Trinajstić information content (AvgIpc) is 2.11. The average molecular weight is 231 g/mol. The zero-order valence-electron chi connectivity index (χ0n) is 11.6. The van der Waals surface area contributed by atoms with Gasteiger partial charge in [-0.15, -0.1) is 0 Å². The fourth-order valence-corrected chi connectivity index (χ4v) is 3.29. The lowest BCUT2D eigenvalue weighted by Crippen LogP contribution is -2.55. The van der Waals surface area contributed by atoms with E-state index < -0.39 is 0 Å². The van der Waals surface area contributed by atoms with E-state index in [-0.39, 0.29) is 0 Å². The van der Waals surface area contributed by atoms with Gasteiger partial charge in [-0.3, -0.25) is 0 Å². The Morgan fingerprint density at radius 3 is 2.12 bits per heavy atom. The second kappa shape index (κ2) is 4.81. The van der Waals surface area contributed by atoms with E-state index in [2.05, 4.69) is 51.2 Å². The molecule has 1 fully saturated rings. The predicted octanol–water partition coefficient (Wildman–Crippen LogP) is 3.48. The fraction of sp³-hybridized carbons (Fsp3) is 0.625. The first-order valence-electron chi connectivity index (χ1n) is 6.77. The summed E-state index contributed by atoms with van der Waals surface area (Å²) in [6.07, 6.45) is 2.58. The van der Waals surface area contributed by atoms with Gasteiger partial charge in [0, 0.05) is 13.1 Å². The molecule has 1 heteroatoms. The number of nitrogens with one attached hydrogen (secondary N) is 1. The molecule has 1 aliphatic rings. The Balaban J connectivity index is 2.12. The van der Waals surface area contributed by atoms with Crippen LogP contribution in [0.5, 0.6) is 0 Å². The van der Waals surface area contributed by atoms with Gasteiger partial charge in [0.15, 0.2) is 0 Å². The summed E-state index contributed by atoms with van der Waals surface area (Å²) >= 11 is 0. The molecule has 0 unspecified atom stereocenters. The van der Waals surface area contributed by atoms with Crippen LogP contribution in [-0.4, -0.2) is 13.1 Å². The molecule has 0 atom stereocenters. The number of rotatable bonds is 4. The topological polar surface area (TPSA) is 12.0 Å². The zero-order valence-corrected chi connectivity index (χ0v) is 11.6. The molecule has 2 rings (SSSR count). The van der Waals surface area contributed by atoms with Crippen molar-refractivity contribution in [2.24, 2.45) is 11.3 Å². The van der Waals surface area contributed by atoms with Gasteiger partial charge in [-0.2, -0.15) is 0 Å². The fourth-order valence-electron chi connectivity index (χ4n) is 3.29. The minimum Gasteiger partial charge on any atom is -0.316 e. The van der Waals surface area contributed by atoms with Gasteiger partial charge in [0.05, 0.1) is 0 Å². The second-order valence-corrected chi connectivity index (χ2v) is 6.37. The van der Waals surface area contributed by atoms with Crippen LogP contribution in [-0.2, 0) is 6.42 Å². The van der Waals surface area contributed by atoms with Crippen LogP contribution in [0.1, 0.15) is 37.0 Å². The molecule has 0 aliphatic carbocycles. The van der Waals surface area contributed by atoms with Crippen molar-refractivity contribution in [1.82, 2.24) is 5.32 Å². The van der Waals surface area contributed by atoms with Gasteiger partial charge < -0.3 is 5.32 Å². The summed E-state index contributed by atoms with van der Waals surface area (Å²) in [7, 11) is 0. The highest BCUT2D eigenvalue weighted by Crippen LogP contribution is 2.34. The van der Waals surface area contributed by atoms with E-state index in [9.17, 15) is 0 Å². The summed E-state index contributed by atoms with van der Waals surface area (Å²) < 4.78 is 0. The molecule has 17 heavy (non-hydrogen) atoms. The molecule has 1 saturated heterocycles. The molecular formula is C16H25N. The number of aryl methyl sites for hydroxylation is 2. The van der Waals surface area contributed by atoms with Crippen molar-refractivity contribution in [3.05, 3.63) is 34.9 Å². The summed E-state index contributed by atoms with van der Waals surface area (Å²) in [5.74, 6) is 0.794. The normalized spacial score (nSPS) is 18.2. The molecule has 1 N–H and O–H groups in total. The number of hydrogen-bond acceptors (Lipinski definition) is 1. The van der Waals surface area contributed by atoms with Gasteiger partial charge in [0.25, 0.3) is 0 Å². The van der Waals surface area contributed by atoms with Gasteiger partial charge in [0.1, 0.15) is 0 Å². The monoisotopic (exact) mass is 231 g/mol. The van der Waals surface area contributed by atoms with Crippen molar-refractivity contribution < 1.29 is 0 Å². The van der Waals surface area contributed by atoms with Gasteiger partial charge in [-0.1, -0.05) is 43.2 Å². The van der Waals surface area contributed by atoms with Gasteiger partial charge in [-0.05, 0) is 43.6 Å². The maximum Gasteiger partial charge on any atom is 0.00235 e. The standard InChI is InChI=1S/C16H25N/c1-12(2)8-16(10-17-11-16)9-15-6-13(3)5-14(4)7-15/h5-7,12,17H,8-11H2,1-4H3. The molecule has 0 radical (unpaired) electrons. The van der Waals surface area contributed by atoms with Crippen molar-refractivity contribution in [2.75, 3.05) is 13.1 Å². The Kier molecular flexibility index (Phi) is 3.58. The van der Waals surface area contributed by atoms with E-state index in [1.807, 2.05) is 0 Å². The van der Waals surface area contributed by atoms with Gasteiger partial charge in [-0.25, -0.2) is 0 Å². The molecule has 94 valence electrons. The Hall–Kier alpha value is -0.820. The second-order valence-electron chi connectivity index (χ2n) is 6.37. The first-order valence-corrected chi connectivity index (χ1v) is 6.77. The summed E-state index contributed by atoms with van der Waals surface area (Å²) in [4.78, 5) is 0. The summed E-state index contributed by atoms with van der Waals surface area (Å²) in [5, 5.41) is 3.46. The quantitative estimate of drug-likeness (QED) is 0.836. The van der Waals surface area contributed by atoms with E-state index in [0.717, 1.165) is 5.92 Å². The molecule has 0 aromatic heterocycles. The third-order valence-electron chi connectivity index (χ3n) is 3.70. The van der Waals surface area contributed by atoms with Crippen LogP contribution in [0.2, 0.25) is 0 Å². The first-order chi connectivity index (χ1) is 7.99. The minimum atomic E-state index is 0.522. The first kappa shape index (κ1) is 12.6. The van der Waals surface area contributed by atoms with E-state index in [1.165, 1.54) is 42.6 Å². The van der Waals surface area contributed by atoms with Crippen molar-refractivity contribution >= 4 is 0 Å². The molecule has 1 aliphatic heterocycles. The Labute approximate surface area is 106 Å². The number of benzene rings is 1. The molecule has 0 spiro atoms. The summed E-state index contributed by atoms with van der Waals surface area (Å²) in [6, 6.07) is 6.97. The third-order valence-corrected chi connectivity index (χ3v) is 3.70. The maximum atomic E-state index is 3.46. The van der Waals surface area contributed by atoms with Crippen molar-refractivity contribution in [3.63, 3.8) is 0 Å². The summed E-state index contributed by atoms with van der Waals surface area (Å²) in [6.45, 7) is 11.5. The Morgan fingerprint density at radius 2 is 1.71 bits per heavy atom. The lowest BCUT2D eigenvalue weighted by atomic mass is 9.71. The lowest BCUT2D eigenvalue weighted by molar-refractivity contribution is 0.131. The SMILES string of the molecule is Cc1cc(C)cc(CC2(CC(C)C)CNC2)c1. The highest BCUT2D eigenvalue weighted by atomic mass is 15.0. The number of hydrogen-bond donors (Lipinski definition) is 1. The van der Waals surface area contributed by atoms with Crippen LogP contribution in [0, 0.1) is 25.2 Å². The maximum absolute atomic E-state index is 3.46. The van der Waals surface area contributed by atoms with Crippen molar-refractivity contribution in [1.29, 1.82) is 0 Å². The van der Waals surface area contributed by atoms with E-state index in [1.54, 1.807) is 0 Å². The van der Waals surface area contributed by atoms with Crippen LogP contribution in [0.3, 0.4) is 0 Å². The molecular weight excluding hydrogens is 206 g/mol. The molecule has 0 bridgehead atoms. The van der Waals surface area contributed by atoms with Crippen LogP contribution >= 0.6 is 0 Å². The molecule has 1 nitrogen and oxygen atoms in total. The van der Waals surface area contributed by atoms with Crippen LogP contribution in [0.25, 0.3) is 0 Å². The van der Waals surface area contributed by atoms with Gasteiger partial charge in [0.2, 0.25) is 0 Å². The lowest BCUT2D eigenvalue weighted by Gasteiger charge is -2.44. The molecule has 0 amide bonds. The minimum absolute atomic E-state index is 0.522. The van der Waals surface area contributed by atoms with E-state index in [4.69, 9.17) is 0 Å². The van der Waals surface area contributed by atoms with Crippen LogP contribution < -0.4 is 5.32 Å². The highest BCUT2D eigenvalue weighted by Gasteiger charge is 2.37. The van der Waals surface area contributed by atoms with Crippen molar-refractivity contribution in [2.45, 2.75) is 40.5 Å². The third kappa shape index (κ3) is 3.10. The van der Waals surface area contributed by atoms with Gasteiger partial charge >= 0.3 is 0 Å². The Morgan fingerprint density at radius 1 is 1.12 bits per heavy atom. The molecule has 1 aromatic carbocycles. The summed E-state index contributed by atoms with van der Waals surface area (Å²) in [5.41, 5.74) is 4.83. The Bertz CT molecular complexity index is 368.